The van der Waals surface area contributed by atoms with Gasteiger partial charge in [-0.05, 0) is 43.3 Å². The average Bonchev–Trinajstić information content (AvgIpc) is 2.91. The third-order valence-corrected chi connectivity index (χ3v) is 4.05. The van der Waals surface area contributed by atoms with Gasteiger partial charge in [0.05, 0.1) is 5.03 Å². The maximum atomic E-state index is 9.14. The smallest absolute Gasteiger partial charge is 0.0548 e. The van der Waals surface area contributed by atoms with Crippen LogP contribution < -0.4 is 0 Å². The summed E-state index contributed by atoms with van der Waals surface area (Å²) in [7, 11) is 0. The third kappa shape index (κ3) is 2.91. The SMILES string of the molecule is C\C=C(/C=C\C(Cl)=C(/C)Cl)[C@@]1(C)C[C@@H]1CO. The molecule has 0 aromatic rings. The van der Waals surface area contributed by atoms with E-state index in [9.17, 15) is 0 Å². The topological polar surface area (TPSA) is 20.2 Å². The summed E-state index contributed by atoms with van der Waals surface area (Å²) in [6, 6.07) is 0. The lowest BCUT2D eigenvalue weighted by molar-refractivity contribution is 0.261. The lowest BCUT2D eigenvalue weighted by atomic mass is 9.94. The van der Waals surface area contributed by atoms with Gasteiger partial charge in [-0.2, -0.15) is 0 Å². The molecule has 0 radical (unpaired) electrons. The van der Waals surface area contributed by atoms with E-state index in [-0.39, 0.29) is 12.0 Å². The lowest BCUT2D eigenvalue weighted by Gasteiger charge is -2.11. The fourth-order valence-corrected chi connectivity index (χ4v) is 2.09. The summed E-state index contributed by atoms with van der Waals surface area (Å²) in [5, 5.41) is 10.3. The Balaban J connectivity index is 2.77. The van der Waals surface area contributed by atoms with E-state index < -0.39 is 0 Å². The van der Waals surface area contributed by atoms with Crippen molar-refractivity contribution in [3.05, 3.63) is 33.9 Å². The zero-order chi connectivity index (χ0) is 12.3. The van der Waals surface area contributed by atoms with Crippen LogP contribution in [-0.2, 0) is 0 Å². The van der Waals surface area contributed by atoms with E-state index >= 15 is 0 Å². The predicted molar refractivity (Wildman–Crippen MR) is 70.6 cm³/mol. The highest BCUT2D eigenvalue weighted by molar-refractivity contribution is 6.39. The highest BCUT2D eigenvalue weighted by atomic mass is 35.5. The summed E-state index contributed by atoms with van der Waals surface area (Å²) in [6.45, 7) is 6.18. The Morgan fingerprint density at radius 2 is 2.06 bits per heavy atom. The second kappa shape index (κ2) is 5.39. The number of aliphatic hydroxyl groups is 1. The van der Waals surface area contributed by atoms with Gasteiger partial charge < -0.3 is 5.11 Å². The van der Waals surface area contributed by atoms with Crippen LogP contribution in [0, 0.1) is 11.3 Å². The van der Waals surface area contributed by atoms with Gasteiger partial charge in [-0.3, -0.25) is 0 Å². The van der Waals surface area contributed by atoms with Crippen LogP contribution in [0.3, 0.4) is 0 Å². The molecule has 0 amide bonds. The predicted octanol–water partition coefficient (Wildman–Crippen LogP) is 4.22. The Hall–Kier alpha value is -0.240. The molecule has 1 N–H and O–H groups in total. The normalized spacial score (nSPS) is 31.9. The summed E-state index contributed by atoms with van der Waals surface area (Å²) in [6.07, 6.45) is 6.91. The minimum atomic E-state index is 0.109. The molecule has 2 atom stereocenters. The average molecular weight is 261 g/mol. The Bertz CT molecular complexity index is 351. The van der Waals surface area contributed by atoms with Crippen molar-refractivity contribution < 1.29 is 5.11 Å². The van der Waals surface area contributed by atoms with Crippen LogP contribution in [0.5, 0.6) is 0 Å². The van der Waals surface area contributed by atoms with Crippen molar-refractivity contribution in [2.45, 2.75) is 27.2 Å². The molecule has 1 aliphatic rings. The summed E-state index contributed by atoms with van der Waals surface area (Å²) >= 11 is 11.7. The third-order valence-electron chi connectivity index (χ3n) is 3.34. The van der Waals surface area contributed by atoms with Crippen LogP contribution in [0.25, 0.3) is 0 Å². The molecule has 0 aromatic heterocycles. The quantitative estimate of drug-likeness (QED) is 0.751. The highest BCUT2D eigenvalue weighted by Crippen LogP contribution is 2.57. The second-order valence-corrected chi connectivity index (χ2v) is 5.43. The van der Waals surface area contributed by atoms with E-state index in [2.05, 4.69) is 13.0 Å². The van der Waals surface area contributed by atoms with Gasteiger partial charge in [0.25, 0.3) is 0 Å². The van der Waals surface area contributed by atoms with Gasteiger partial charge >= 0.3 is 0 Å². The maximum Gasteiger partial charge on any atom is 0.0548 e. The molecule has 3 heteroatoms. The fraction of sp³-hybridized carbons (Fsp3) is 0.538. The first kappa shape index (κ1) is 13.8. The lowest BCUT2D eigenvalue weighted by Crippen LogP contribution is -2.03. The highest BCUT2D eigenvalue weighted by Gasteiger charge is 2.50. The fourth-order valence-electron chi connectivity index (χ4n) is 1.97. The molecule has 16 heavy (non-hydrogen) atoms. The molecule has 0 heterocycles. The van der Waals surface area contributed by atoms with Crippen LogP contribution in [-0.4, -0.2) is 11.7 Å². The number of aliphatic hydroxyl groups excluding tert-OH is 1. The molecule has 1 saturated carbocycles. The first-order valence-electron chi connectivity index (χ1n) is 5.43. The van der Waals surface area contributed by atoms with Gasteiger partial charge in [-0.25, -0.2) is 0 Å². The van der Waals surface area contributed by atoms with Crippen molar-refractivity contribution in [1.29, 1.82) is 0 Å². The van der Waals surface area contributed by atoms with Crippen molar-refractivity contribution in [2.24, 2.45) is 11.3 Å². The Labute approximate surface area is 107 Å². The maximum absolute atomic E-state index is 9.14. The molecule has 1 rings (SSSR count). The Morgan fingerprint density at radius 1 is 1.44 bits per heavy atom. The van der Waals surface area contributed by atoms with E-state index in [4.69, 9.17) is 28.3 Å². The van der Waals surface area contributed by atoms with Gasteiger partial charge in [0.15, 0.2) is 0 Å². The second-order valence-electron chi connectivity index (χ2n) is 4.46. The van der Waals surface area contributed by atoms with Crippen LogP contribution in [0.1, 0.15) is 27.2 Å². The molecule has 1 nitrogen and oxygen atoms in total. The van der Waals surface area contributed by atoms with Crippen molar-refractivity contribution in [3.63, 3.8) is 0 Å². The van der Waals surface area contributed by atoms with E-state index in [1.807, 2.05) is 19.1 Å². The summed E-state index contributed by atoms with van der Waals surface area (Å²) in [4.78, 5) is 0. The van der Waals surface area contributed by atoms with Crippen LogP contribution in [0.2, 0.25) is 0 Å². The first-order valence-corrected chi connectivity index (χ1v) is 6.19. The minimum absolute atomic E-state index is 0.109. The van der Waals surface area contributed by atoms with Crippen LogP contribution >= 0.6 is 23.2 Å². The van der Waals surface area contributed by atoms with E-state index in [1.54, 1.807) is 6.92 Å². The molecule has 0 aromatic carbocycles. The molecule has 0 saturated heterocycles. The molecule has 1 fully saturated rings. The summed E-state index contributed by atoms with van der Waals surface area (Å²) in [5.74, 6) is 0.378. The van der Waals surface area contributed by atoms with Crippen molar-refractivity contribution in [1.82, 2.24) is 0 Å². The van der Waals surface area contributed by atoms with Gasteiger partial charge in [-0.15, -0.1) is 0 Å². The van der Waals surface area contributed by atoms with Gasteiger partial charge in [0.2, 0.25) is 0 Å². The van der Waals surface area contributed by atoms with E-state index in [1.165, 1.54) is 5.57 Å². The Morgan fingerprint density at radius 3 is 2.44 bits per heavy atom. The first-order chi connectivity index (χ1) is 7.45. The van der Waals surface area contributed by atoms with E-state index in [0.29, 0.717) is 16.0 Å². The number of hydrogen-bond acceptors (Lipinski definition) is 1. The molecular weight excluding hydrogens is 243 g/mol. The van der Waals surface area contributed by atoms with Gasteiger partial charge in [0, 0.05) is 11.6 Å². The monoisotopic (exact) mass is 260 g/mol. The Kier molecular flexibility index (Phi) is 4.66. The zero-order valence-corrected chi connectivity index (χ0v) is 11.4. The van der Waals surface area contributed by atoms with E-state index in [0.717, 1.165) is 6.42 Å². The van der Waals surface area contributed by atoms with Crippen LogP contribution in [0.4, 0.5) is 0 Å². The molecule has 0 bridgehead atoms. The number of halogens is 2. The summed E-state index contributed by atoms with van der Waals surface area (Å²) < 4.78 is 0. The summed E-state index contributed by atoms with van der Waals surface area (Å²) in [5.41, 5.74) is 1.32. The molecule has 0 unspecified atom stereocenters. The standard InChI is InChI=1S/C13H18Cl2O/c1-4-10(5-6-12(15)9(2)14)13(3)7-11(13)8-16/h4-6,11,16H,7-8H2,1-3H3/b6-5-,10-4+,12-9-/t11-,13-/m1/s1. The molecule has 0 aliphatic heterocycles. The minimum Gasteiger partial charge on any atom is -0.396 e. The van der Waals surface area contributed by atoms with Gasteiger partial charge in [-0.1, -0.05) is 42.3 Å². The van der Waals surface area contributed by atoms with Crippen molar-refractivity contribution in [2.75, 3.05) is 6.61 Å². The zero-order valence-electron chi connectivity index (χ0n) is 9.93. The van der Waals surface area contributed by atoms with Gasteiger partial charge in [0.1, 0.15) is 0 Å². The van der Waals surface area contributed by atoms with Crippen molar-refractivity contribution >= 4 is 23.2 Å². The number of hydrogen-bond donors (Lipinski definition) is 1. The molecule has 90 valence electrons. The molecular formula is C13H18Cl2O. The number of allylic oxidation sites excluding steroid dienone is 6. The van der Waals surface area contributed by atoms with Crippen LogP contribution in [0.15, 0.2) is 33.9 Å². The largest absolute Gasteiger partial charge is 0.396 e. The number of rotatable bonds is 4. The molecule has 0 spiro atoms. The molecule has 1 aliphatic carbocycles. The van der Waals surface area contributed by atoms with Crippen molar-refractivity contribution in [3.8, 4) is 0 Å².